The van der Waals surface area contributed by atoms with Crippen molar-refractivity contribution in [3.8, 4) is 5.75 Å². The van der Waals surface area contributed by atoms with Crippen LogP contribution in [-0.4, -0.2) is 53.6 Å². The maximum atomic E-state index is 11.7. The Balaban J connectivity index is 2.21. The molecule has 0 aliphatic carbocycles. The lowest BCUT2D eigenvalue weighted by Gasteiger charge is -2.16. The number of carbonyl (C=O) groups is 2. The number of thioether (sulfide) groups is 1. The van der Waals surface area contributed by atoms with Crippen LogP contribution in [0.5, 0.6) is 5.75 Å². The summed E-state index contributed by atoms with van der Waals surface area (Å²) in [6.07, 6.45) is 2.28. The lowest BCUT2D eigenvalue weighted by atomic mass is 9.78. The Morgan fingerprint density at radius 2 is 2.11 bits per heavy atom. The van der Waals surface area contributed by atoms with Gasteiger partial charge < -0.3 is 19.5 Å². The number of esters is 1. The van der Waals surface area contributed by atoms with Gasteiger partial charge in [0.2, 0.25) is 0 Å². The van der Waals surface area contributed by atoms with E-state index in [9.17, 15) is 19.6 Å². The molecule has 0 spiro atoms. The van der Waals surface area contributed by atoms with Crippen molar-refractivity contribution in [2.75, 3.05) is 7.11 Å². The van der Waals surface area contributed by atoms with Gasteiger partial charge in [-0.3, -0.25) is 10.1 Å². The summed E-state index contributed by atoms with van der Waals surface area (Å²) < 4.78 is 10.6. The molecule has 12 heteroatoms. The molecule has 28 heavy (non-hydrogen) atoms. The quantitative estimate of drug-likeness (QED) is 0.182. The Kier molecular flexibility index (Phi) is 7.81. The van der Waals surface area contributed by atoms with E-state index in [-0.39, 0.29) is 21.6 Å². The number of methoxy groups -OCH3 is 1. The molecule has 0 atom stereocenters. The molecule has 1 aromatic carbocycles. The molecule has 0 saturated carbocycles. The van der Waals surface area contributed by atoms with Crippen molar-refractivity contribution < 1.29 is 29.1 Å². The second-order valence-corrected chi connectivity index (χ2v) is 7.58. The van der Waals surface area contributed by atoms with Crippen LogP contribution in [-0.2, 0) is 14.3 Å². The number of amidine groups is 1. The number of hydrogen-bond donors (Lipinski definition) is 3. The summed E-state index contributed by atoms with van der Waals surface area (Å²) in [7, 11) is -0.524. The smallest absolute Gasteiger partial charge is 0.490 e. The van der Waals surface area contributed by atoms with Crippen LogP contribution in [0, 0.1) is 0 Å². The number of nitrogens with zero attached hydrogens (tertiary/aromatic N) is 2. The molecule has 148 valence electrons. The highest BCUT2D eigenvalue weighted by Crippen LogP contribution is 2.26. The fourth-order valence-electron chi connectivity index (χ4n) is 2.05. The summed E-state index contributed by atoms with van der Waals surface area (Å²) in [5.41, 5.74) is 0.694. The van der Waals surface area contributed by atoms with Gasteiger partial charge in [0.15, 0.2) is 5.17 Å². The third kappa shape index (κ3) is 5.93. The average molecular weight is 470 g/mol. The third-order valence-corrected chi connectivity index (χ3v) is 4.67. The van der Waals surface area contributed by atoms with Gasteiger partial charge in [0, 0.05) is 11.5 Å². The van der Waals surface area contributed by atoms with Crippen LogP contribution in [0.4, 0.5) is 0 Å². The molecule has 1 amide bonds. The second kappa shape index (κ2) is 9.87. The minimum Gasteiger partial charge on any atom is -0.490 e. The number of nitrogens with one attached hydrogen (secondary N) is 1. The first-order valence-electron chi connectivity index (χ1n) is 7.97. The van der Waals surface area contributed by atoms with E-state index in [1.54, 1.807) is 6.07 Å². The van der Waals surface area contributed by atoms with Gasteiger partial charge in [-0.15, -0.1) is 5.10 Å². The minimum atomic E-state index is -1.74. The van der Waals surface area contributed by atoms with Crippen molar-refractivity contribution in [2.24, 2.45) is 10.2 Å². The summed E-state index contributed by atoms with van der Waals surface area (Å²) >= 11 is 4.29. The molecule has 1 aliphatic rings. The largest absolute Gasteiger partial charge is 0.492 e. The maximum Gasteiger partial charge on any atom is 0.492 e. The van der Waals surface area contributed by atoms with Crippen molar-refractivity contribution in [1.29, 1.82) is 0 Å². The number of benzene rings is 1. The first kappa shape index (κ1) is 22.1. The van der Waals surface area contributed by atoms with Gasteiger partial charge in [-0.05, 0) is 59.2 Å². The van der Waals surface area contributed by atoms with Crippen LogP contribution in [0.2, 0.25) is 0 Å². The Morgan fingerprint density at radius 3 is 2.71 bits per heavy atom. The molecule has 2 rings (SSSR count). The van der Waals surface area contributed by atoms with E-state index in [1.165, 1.54) is 19.4 Å². The molecular weight excluding hydrogens is 453 g/mol. The molecule has 0 aromatic heterocycles. The predicted molar refractivity (Wildman–Crippen MR) is 111 cm³/mol. The molecule has 1 aliphatic heterocycles. The van der Waals surface area contributed by atoms with Crippen molar-refractivity contribution >= 4 is 63.5 Å². The van der Waals surface area contributed by atoms with E-state index in [1.807, 2.05) is 13.8 Å². The Bertz CT molecular complexity index is 872. The summed E-state index contributed by atoms with van der Waals surface area (Å²) in [6, 6.07) is 3.18. The number of amides is 1. The lowest BCUT2D eigenvalue weighted by molar-refractivity contribution is -0.135. The first-order chi connectivity index (χ1) is 13.2. The van der Waals surface area contributed by atoms with Gasteiger partial charge in [0.05, 0.1) is 28.8 Å². The summed E-state index contributed by atoms with van der Waals surface area (Å²) in [5.74, 6) is -0.802. The molecule has 0 bridgehead atoms. The van der Waals surface area contributed by atoms with E-state index in [2.05, 4.69) is 36.2 Å². The number of halogens is 1. The van der Waals surface area contributed by atoms with E-state index in [0.717, 1.165) is 17.8 Å². The highest BCUT2D eigenvalue weighted by Gasteiger charge is 2.25. The summed E-state index contributed by atoms with van der Waals surface area (Å²) in [5, 5.41) is 29.6. The van der Waals surface area contributed by atoms with Crippen LogP contribution in [0.3, 0.4) is 0 Å². The molecular formula is C16H17BBrN3O6S. The van der Waals surface area contributed by atoms with Gasteiger partial charge in [-0.2, -0.15) is 5.10 Å². The SMILES string of the molecule is COC(=O)/C=C1/S/C(=N\N=Cc2cc(Br)c(OC(C)C)c(B(O)O)c2)NC1=O. The first-order valence-corrected chi connectivity index (χ1v) is 9.58. The molecule has 1 heterocycles. The zero-order chi connectivity index (χ0) is 20.8. The van der Waals surface area contributed by atoms with Gasteiger partial charge in [0.25, 0.3) is 5.91 Å². The highest BCUT2D eigenvalue weighted by atomic mass is 79.9. The average Bonchev–Trinajstić information content (AvgIpc) is 2.95. The highest BCUT2D eigenvalue weighted by molar-refractivity contribution is 9.10. The van der Waals surface area contributed by atoms with E-state index >= 15 is 0 Å². The van der Waals surface area contributed by atoms with Crippen molar-refractivity contribution in [3.63, 3.8) is 0 Å². The van der Waals surface area contributed by atoms with E-state index < -0.39 is 19.0 Å². The minimum absolute atomic E-state index is 0.143. The van der Waals surface area contributed by atoms with E-state index in [4.69, 9.17) is 4.74 Å². The van der Waals surface area contributed by atoms with Crippen molar-refractivity contribution in [1.82, 2.24) is 5.32 Å². The number of ether oxygens (including phenoxy) is 2. The monoisotopic (exact) mass is 469 g/mol. The summed E-state index contributed by atoms with van der Waals surface area (Å²) in [4.78, 5) is 23.1. The van der Waals surface area contributed by atoms with Gasteiger partial charge in [-0.1, -0.05) is 0 Å². The molecule has 0 unspecified atom stereocenters. The molecule has 1 saturated heterocycles. The fourth-order valence-corrected chi connectivity index (χ4v) is 3.38. The van der Waals surface area contributed by atoms with E-state index in [0.29, 0.717) is 15.8 Å². The Morgan fingerprint density at radius 1 is 1.39 bits per heavy atom. The normalized spacial score (nSPS) is 16.9. The standard InChI is InChI=1S/C16H17BBrN3O6S/c1-8(2)27-14-10(17(24)25)4-9(5-11(14)18)7-19-21-16-20-15(23)12(28-16)6-13(22)26-3/h4-8,24-25H,1-3H3,(H,20,21,23)/b12-6+,19-7?. The number of hydrogen-bond acceptors (Lipinski definition) is 9. The van der Waals surface area contributed by atoms with Crippen LogP contribution in [0.15, 0.2) is 37.8 Å². The van der Waals surface area contributed by atoms with Crippen molar-refractivity contribution in [2.45, 2.75) is 20.0 Å². The van der Waals surface area contributed by atoms with Crippen LogP contribution in [0.1, 0.15) is 19.4 Å². The Labute approximate surface area is 174 Å². The number of rotatable bonds is 6. The zero-order valence-electron chi connectivity index (χ0n) is 15.2. The molecule has 9 nitrogen and oxygen atoms in total. The fraction of sp³-hybridized carbons (Fsp3) is 0.250. The predicted octanol–water partition coefficient (Wildman–Crippen LogP) is 0.526. The molecule has 1 aromatic rings. The number of carbonyl (C=O) groups excluding carboxylic acids is 2. The zero-order valence-corrected chi connectivity index (χ0v) is 17.6. The van der Waals surface area contributed by atoms with Crippen LogP contribution < -0.4 is 15.5 Å². The van der Waals surface area contributed by atoms with Gasteiger partial charge in [-0.25, -0.2) is 4.79 Å². The Hall–Kier alpha value is -2.15. The van der Waals surface area contributed by atoms with Crippen LogP contribution >= 0.6 is 27.7 Å². The maximum absolute atomic E-state index is 11.7. The third-order valence-electron chi connectivity index (χ3n) is 3.18. The molecule has 1 fully saturated rings. The van der Waals surface area contributed by atoms with Gasteiger partial charge in [0.1, 0.15) is 5.75 Å². The van der Waals surface area contributed by atoms with Crippen molar-refractivity contribution in [3.05, 3.63) is 33.2 Å². The lowest BCUT2D eigenvalue weighted by Crippen LogP contribution is -2.33. The second-order valence-electron chi connectivity index (χ2n) is 5.70. The molecule has 3 N–H and O–H groups in total. The van der Waals surface area contributed by atoms with Crippen LogP contribution in [0.25, 0.3) is 0 Å². The topological polar surface area (TPSA) is 130 Å². The van der Waals surface area contributed by atoms with Gasteiger partial charge >= 0.3 is 13.1 Å². The molecule has 0 radical (unpaired) electrons. The summed E-state index contributed by atoms with van der Waals surface area (Å²) in [6.45, 7) is 3.64.